The number of rotatable bonds is 3. The first kappa shape index (κ1) is 10.7. The van der Waals surface area contributed by atoms with Crippen LogP contribution < -0.4 is 5.32 Å². The molecule has 0 bridgehead atoms. The van der Waals surface area contributed by atoms with Crippen LogP contribution in [0.5, 0.6) is 0 Å². The van der Waals surface area contributed by atoms with Gasteiger partial charge in [-0.25, -0.2) is 8.42 Å². The fourth-order valence-corrected chi connectivity index (χ4v) is 3.11. The van der Waals surface area contributed by atoms with Gasteiger partial charge in [0.05, 0.1) is 33.1 Å². The van der Waals surface area contributed by atoms with Crippen LogP contribution >= 0.6 is 21.2 Å². The van der Waals surface area contributed by atoms with Gasteiger partial charge >= 0.3 is 0 Å². The van der Waals surface area contributed by atoms with Crippen molar-refractivity contribution in [3.8, 4) is 0 Å². The predicted octanol–water partition coefficient (Wildman–Crippen LogP) is -0.136. The van der Waals surface area contributed by atoms with Crippen molar-refractivity contribution in [3.63, 3.8) is 0 Å². The molecule has 1 aliphatic rings. The summed E-state index contributed by atoms with van der Waals surface area (Å²) in [5.41, 5.74) is 0. The summed E-state index contributed by atoms with van der Waals surface area (Å²) in [5, 5.41) is 12.5. The van der Waals surface area contributed by atoms with E-state index in [2.05, 4.69) is 5.32 Å². The van der Waals surface area contributed by atoms with Gasteiger partial charge in [0.2, 0.25) is 7.01 Å². The normalized spacial score (nSPS) is 27.3. The average molecular weight is 305 g/mol. The molecule has 0 aromatic heterocycles. The highest BCUT2D eigenvalue weighted by Gasteiger charge is 2.25. The summed E-state index contributed by atoms with van der Waals surface area (Å²) in [6.45, 7) is 0.878. The summed E-state index contributed by atoms with van der Waals surface area (Å²) in [7, 11) is -3.08. The van der Waals surface area contributed by atoms with Crippen molar-refractivity contribution in [1.82, 2.24) is 5.32 Å². The minimum Gasteiger partial charge on any atom is -0.390 e. The molecule has 1 saturated heterocycles. The second kappa shape index (κ2) is 4.21. The minimum absolute atomic E-state index is 0.0328. The lowest BCUT2D eigenvalue weighted by Crippen LogP contribution is -2.38. The number of nitrogens with one attached hydrogen (secondary N) is 1. The van der Waals surface area contributed by atoms with Crippen LogP contribution in [0, 0.1) is 0 Å². The first-order valence-corrected chi connectivity index (χ1v) is 8.02. The Kier molecular flexibility index (Phi) is 3.74. The Morgan fingerprint density at radius 2 is 2.33 bits per heavy atom. The van der Waals surface area contributed by atoms with Crippen molar-refractivity contribution in [1.29, 1.82) is 0 Å². The molecule has 0 amide bonds. The Hall–Kier alpha value is 0.600. The summed E-state index contributed by atoms with van der Waals surface area (Å²) < 4.78 is 21.6. The molecular weight excluding hydrogens is 293 g/mol. The Bertz CT molecular complexity index is 235. The zero-order chi connectivity index (χ0) is 9.19. The van der Waals surface area contributed by atoms with Crippen molar-refractivity contribution < 1.29 is 13.5 Å². The van der Waals surface area contributed by atoms with Crippen molar-refractivity contribution >= 4 is 28.2 Å². The fourth-order valence-electron chi connectivity index (χ4n) is 1.36. The monoisotopic (exact) mass is 305 g/mol. The molecular formula is C6H12INO3S. The van der Waals surface area contributed by atoms with Crippen molar-refractivity contribution in [3.05, 3.63) is 0 Å². The second-order valence-electron chi connectivity index (χ2n) is 2.98. The smallest absolute Gasteiger partial charge is 0.205 e. The zero-order valence-corrected chi connectivity index (χ0v) is 9.51. The summed E-state index contributed by atoms with van der Waals surface area (Å²) >= 11 is 1.36. The van der Waals surface area contributed by atoms with Gasteiger partial charge in [0.1, 0.15) is 0 Å². The summed E-state index contributed by atoms with van der Waals surface area (Å²) in [5.74, 6) is -0.148. The molecule has 0 unspecified atom stereocenters. The van der Waals surface area contributed by atoms with Crippen molar-refractivity contribution in [2.24, 2.45) is 0 Å². The molecule has 2 atom stereocenters. The lowest BCUT2D eigenvalue weighted by Gasteiger charge is -2.16. The van der Waals surface area contributed by atoms with E-state index >= 15 is 0 Å². The van der Waals surface area contributed by atoms with Gasteiger partial charge in [-0.05, 0) is 19.4 Å². The van der Waals surface area contributed by atoms with Gasteiger partial charge in [-0.3, -0.25) is 0 Å². The van der Waals surface area contributed by atoms with Gasteiger partial charge in [-0.2, -0.15) is 0 Å². The Balaban J connectivity index is 2.42. The number of aliphatic hydroxyl groups excluding tert-OH is 1. The highest BCUT2D eigenvalue weighted by atomic mass is 127. The zero-order valence-electron chi connectivity index (χ0n) is 6.53. The highest BCUT2D eigenvalue weighted by Crippen LogP contribution is 2.13. The number of halogens is 1. The van der Waals surface area contributed by atoms with Crippen molar-refractivity contribution in [2.45, 2.75) is 25.0 Å². The van der Waals surface area contributed by atoms with Crippen LogP contribution in [0.15, 0.2) is 0 Å². The van der Waals surface area contributed by atoms with E-state index in [1.54, 1.807) is 0 Å². The van der Waals surface area contributed by atoms with E-state index in [-0.39, 0.29) is 11.8 Å². The standard InChI is InChI=1S/C6H12INO3S/c7-12(10,11)4-6(9)5-2-1-3-8-5/h5-6,8-9H,1-4H2/t5-,6+/m0/s1. The fraction of sp³-hybridized carbons (Fsp3) is 1.00. The second-order valence-corrected chi connectivity index (χ2v) is 8.41. The molecule has 4 nitrogen and oxygen atoms in total. The van der Waals surface area contributed by atoms with Crippen LogP contribution in [-0.2, 0) is 7.01 Å². The van der Waals surface area contributed by atoms with E-state index in [1.165, 1.54) is 21.2 Å². The van der Waals surface area contributed by atoms with E-state index in [0.717, 1.165) is 19.4 Å². The molecule has 1 aliphatic heterocycles. The molecule has 1 fully saturated rings. The number of hydrogen-bond acceptors (Lipinski definition) is 4. The maximum atomic E-state index is 10.8. The maximum Gasteiger partial charge on any atom is 0.205 e. The molecule has 12 heavy (non-hydrogen) atoms. The van der Waals surface area contributed by atoms with Gasteiger partial charge in [-0.15, -0.1) is 0 Å². The molecule has 1 rings (SSSR count). The van der Waals surface area contributed by atoms with Crippen LogP contribution in [0.3, 0.4) is 0 Å². The topological polar surface area (TPSA) is 66.4 Å². The van der Waals surface area contributed by atoms with Crippen molar-refractivity contribution in [2.75, 3.05) is 12.3 Å². The maximum absolute atomic E-state index is 10.8. The molecule has 2 N–H and O–H groups in total. The van der Waals surface area contributed by atoms with E-state index < -0.39 is 13.1 Å². The Morgan fingerprint density at radius 1 is 1.67 bits per heavy atom. The summed E-state index contributed by atoms with van der Waals surface area (Å²) in [4.78, 5) is 0. The Morgan fingerprint density at radius 3 is 2.75 bits per heavy atom. The molecule has 72 valence electrons. The van der Waals surface area contributed by atoms with Gasteiger partial charge in [0, 0.05) is 6.04 Å². The van der Waals surface area contributed by atoms with E-state index in [4.69, 9.17) is 0 Å². The molecule has 0 aromatic rings. The number of aliphatic hydroxyl groups is 1. The van der Waals surface area contributed by atoms with E-state index in [1.807, 2.05) is 0 Å². The molecule has 0 spiro atoms. The van der Waals surface area contributed by atoms with E-state index in [9.17, 15) is 13.5 Å². The third kappa shape index (κ3) is 3.55. The van der Waals surface area contributed by atoms with Crippen LogP contribution in [0.4, 0.5) is 0 Å². The molecule has 0 radical (unpaired) electrons. The average Bonchev–Trinajstić information content (AvgIpc) is 2.32. The van der Waals surface area contributed by atoms with Crippen LogP contribution in [0.2, 0.25) is 0 Å². The predicted molar refractivity (Wildman–Crippen MR) is 54.8 cm³/mol. The first-order chi connectivity index (χ1) is 5.49. The van der Waals surface area contributed by atoms with Crippen LogP contribution in [-0.4, -0.2) is 38.0 Å². The molecule has 0 saturated carbocycles. The van der Waals surface area contributed by atoms with Gasteiger partial charge in [0.15, 0.2) is 0 Å². The third-order valence-corrected chi connectivity index (χ3v) is 3.75. The third-order valence-electron chi connectivity index (χ3n) is 1.93. The highest BCUT2D eigenvalue weighted by molar-refractivity contribution is 14.2. The van der Waals surface area contributed by atoms with Crippen LogP contribution in [0.25, 0.3) is 0 Å². The molecule has 0 aromatic carbocycles. The molecule has 1 heterocycles. The first-order valence-electron chi connectivity index (χ1n) is 3.83. The molecule has 0 aliphatic carbocycles. The SMILES string of the molecule is O=S(=O)(I)C[C@@H](O)[C@@H]1CCCN1. The summed E-state index contributed by atoms with van der Waals surface area (Å²) in [6, 6.07) is -0.0328. The molecule has 6 heteroatoms. The van der Waals surface area contributed by atoms with E-state index in [0.29, 0.717) is 0 Å². The summed E-state index contributed by atoms with van der Waals surface area (Å²) in [6.07, 6.45) is 1.13. The number of hydrogen-bond donors (Lipinski definition) is 2. The lowest BCUT2D eigenvalue weighted by atomic mass is 10.1. The largest absolute Gasteiger partial charge is 0.390 e. The van der Waals surface area contributed by atoms with Gasteiger partial charge < -0.3 is 10.4 Å². The van der Waals surface area contributed by atoms with Crippen LogP contribution in [0.1, 0.15) is 12.8 Å². The van der Waals surface area contributed by atoms with Gasteiger partial charge in [0.25, 0.3) is 0 Å². The Labute approximate surface area is 84.2 Å². The lowest BCUT2D eigenvalue weighted by molar-refractivity contribution is 0.157. The van der Waals surface area contributed by atoms with Gasteiger partial charge in [-0.1, -0.05) is 0 Å². The quantitative estimate of drug-likeness (QED) is 0.563. The minimum atomic E-state index is -3.08.